The first-order chi connectivity index (χ1) is 1.91. The van der Waals surface area contributed by atoms with Gasteiger partial charge in [0.15, 0.2) is 0 Å². The van der Waals surface area contributed by atoms with E-state index < -0.39 is 0 Å². The van der Waals surface area contributed by atoms with Gasteiger partial charge in [-0.05, 0) is 0 Å². The molecule has 0 aliphatic carbocycles. The maximum atomic E-state index is 2.60. The molecule has 0 fully saturated rings. The summed E-state index contributed by atoms with van der Waals surface area (Å²) in [7, 11) is 5.15. The van der Waals surface area contributed by atoms with Gasteiger partial charge in [-0.3, -0.25) is 0 Å². The first-order valence-electron chi connectivity index (χ1n) is 0.933. The molecule has 0 aromatic heterocycles. The Morgan fingerprint density at radius 2 is 2.00 bits per heavy atom. The highest BCUT2D eigenvalue weighted by atomic mass is 32.7. The average Bonchev–Trinajstić information content (AvgIpc) is 1.37. The zero-order chi connectivity index (χ0) is 3.41. The predicted molar refractivity (Wildman–Crippen MR) is 31.9 cm³/mol. The molecule has 0 aliphatic heterocycles. The van der Waals surface area contributed by atoms with Crippen LogP contribution in [0.25, 0.3) is 0 Å². The highest BCUT2D eigenvalue weighted by molar-refractivity contribution is 8.45. The highest BCUT2D eigenvalue weighted by Gasteiger charge is 1.55. The molecule has 26 valence electrons. The monoisotopic (exact) mass is 112 g/mol. The van der Waals surface area contributed by atoms with Crippen molar-refractivity contribution in [2.75, 3.05) is 5.49 Å². The van der Waals surface area contributed by atoms with E-state index in [0.29, 0.717) is 0 Å². The van der Waals surface area contributed by atoms with Crippen molar-refractivity contribution in [1.29, 1.82) is 0 Å². The van der Waals surface area contributed by atoms with Crippen molar-refractivity contribution in [2.45, 2.75) is 0 Å². The molecule has 0 radical (unpaired) electrons. The van der Waals surface area contributed by atoms with E-state index in [1.807, 2.05) is 0 Å². The molecular weight excluding hydrogens is 106 g/mol. The Morgan fingerprint density at radius 1 is 1.75 bits per heavy atom. The van der Waals surface area contributed by atoms with Crippen molar-refractivity contribution >= 4 is 29.1 Å². The Morgan fingerprint density at radius 3 is 2.00 bits per heavy atom. The highest BCUT2D eigenvalue weighted by Crippen LogP contribution is 2.11. The standard InChI is InChI=1S/CH6P2S/c2-1-4-3/h1-3H2. The Kier molecular flexibility index (Phi) is 5.48. The normalized spacial score (nSPS) is 7.50. The van der Waals surface area contributed by atoms with Gasteiger partial charge in [0.25, 0.3) is 0 Å². The van der Waals surface area contributed by atoms with Crippen LogP contribution in [0.1, 0.15) is 0 Å². The lowest BCUT2D eigenvalue weighted by atomic mass is 11.9. The van der Waals surface area contributed by atoms with Crippen LogP contribution in [-0.4, -0.2) is 5.49 Å². The lowest BCUT2D eigenvalue weighted by Crippen LogP contribution is -1.32. The Labute approximate surface area is 35.3 Å². The van der Waals surface area contributed by atoms with Crippen LogP contribution in [0.3, 0.4) is 0 Å². The summed E-state index contributed by atoms with van der Waals surface area (Å²) >= 11 is 1.74. The van der Waals surface area contributed by atoms with Gasteiger partial charge in [-0.25, -0.2) is 0 Å². The van der Waals surface area contributed by atoms with Gasteiger partial charge in [-0.1, -0.05) is 8.44 Å². The van der Waals surface area contributed by atoms with Crippen molar-refractivity contribution in [2.24, 2.45) is 0 Å². The van der Waals surface area contributed by atoms with E-state index in [1.54, 1.807) is 11.4 Å². The van der Waals surface area contributed by atoms with E-state index in [-0.39, 0.29) is 0 Å². The molecule has 0 nitrogen and oxygen atoms in total. The summed E-state index contributed by atoms with van der Waals surface area (Å²) in [4.78, 5) is 0. The van der Waals surface area contributed by atoms with Crippen LogP contribution >= 0.6 is 29.1 Å². The molecule has 0 aromatic carbocycles. The molecule has 0 aliphatic rings. The van der Waals surface area contributed by atoms with Crippen LogP contribution in [0.2, 0.25) is 0 Å². The molecule has 0 heterocycles. The van der Waals surface area contributed by atoms with E-state index in [0.717, 1.165) is 5.49 Å². The SMILES string of the molecule is PCSP. The van der Waals surface area contributed by atoms with Gasteiger partial charge in [-0.15, -0.1) is 20.6 Å². The van der Waals surface area contributed by atoms with Crippen LogP contribution in [0.15, 0.2) is 0 Å². The second-order valence-corrected chi connectivity index (χ2v) is 3.00. The third kappa shape index (κ3) is 3.21. The summed E-state index contributed by atoms with van der Waals surface area (Å²) in [5.41, 5.74) is 1.12. The molecule has 0 saturated carbocycles. The Hall–Kier alpha value is 1.21. The van der Waals surface area contributed by atoms with E-state index in [2.05, 4.69) is 17.7 Å². The summed E-state index contributed by atoms with van der Waals surface area (Å²) in [6, 6.07) is 0. The molecular formula is CH6P2S. The molecule has 0 rings (SSSR count). The van der Waals surface area contributed by atoms with Crippen molar-refractivity contribution in [1.82, 2.24) is 0 Å². The van der Waals surface area contributed by atoms with Gasteiger partial charge in [0.1, 0.15) is 0 Å². The van der Waals surface area contributed by atoms with Crippen LogP contribution in [0.5, 0.6) is 0 Å². The van der Waals surface area contributed by atoms with E-state index in [4.69, 9.17) is 0 Å². The molecule has 0 N–H and O–H groups in total. The van der Waals surface area contributed by atoms with Gasteiger partial charge >= 0.3 is 0 Å². The summed E-state index contributed by atoms with van der Waals surface area (Å²) < 4.78 is 0. The third-order valence-corrected chi connectivity index (χ3v) is 2.60. The second-order valence-electron chi connectivity index (χ2n) is 0.333. The lowest BCUT2D eigenvalue weighted by Gasteiger charge is -1.69. The number of hydrogen-bond acceptors (Lipinski definition) is 1. The van der Waals surface area contributed by atoms with Crippen LogP contribution < -0.4 is 0 Å². The molecule has 2 unspecified atom stereocenters. The molecule has 4 heavy (non-hydrogen) atoms. The van der Waals surface area contributed by atoms with Crippen molar-refractivity contribution in [3.05, 3.63) is 0 Å². The fraction of sp³-hybridized carbons (Fsp3) is 1.00. The molecule has 0 amide bonds. The number of rotatable bonds is 1. The van der Waals surface area contributed by atoms with Gasteiger partial charge in [0.05, 0.1) is 0 Å². The van der Waals surface area contributed by atoms with Crippen LogP contribution in [-0.2, 0) is 0 Å². The molecule has 0 saturated heterocycles. The summed E-state index contributed by atoms with van der Waals surface area (Å²) in [6.07, 6.45) is 0. The minimum absolute atomic E-state index is 1.12. The number of hydrogen-bond donors (Lipinski definition) is 0. The molecule has 0 aromatic rings. The molecule has 2 atom stereocenters. The summed E-state index contributed by atoms with van der Waals surface area (Å²) in [6.45, 7) is 0. The zero-order valence-electron chi connectivity index (χ0n) is 2.27. The maximum absolute atomic E-state index is 2.60. The molecule has 3 heteroatoms. The Balaban J connectivity index is 1.97. The van der Waals surface area contributed by atoms with Crippen molar-refractivity contribution < 1.29 is 0 Å². The predicted octanol–water partition coefficient (Wildman–Crippen LogP) is 1.34. The van der Waals surface area contributed by atoms with E-state index in [9.17, 15) is 0 Å². The van der Waals surface area contributed by atoms with Crippen molar-refractivity contribution in [3.63, 3.8) is 0 Å². The summed E-state index contributed by atoms with van der Waals surface area (Å²) in [5, 5.41) is 0. The third-order valence-electron chi connectivity index (χ3n) is 0.0962. The maximum Gasteiger partial charge on any atom is 0.0115 e. The van der Waals surface area contributed by atoms with Crippen molar-refractivity contribution in [3.8, 4) is 0 Å². The van der Waals surface area contributed by atoms with Crippen LogP contribution in [0.4, 0.5) is 0 Å². The van der Waals surface area contributed by atoms with E-state index in [1.165, 1.54) is 0 Å². The minimum atomic E-state index is 1.12. The zero-order valence-corrected chi connectivity index (χ0v) is 5.40. The largest absolute Gasteiger partial charge is 0.137 e. The molecule has 0 spiro atoms. The smallest absolute Gasteiger partial charge is 0.0115 e. The van der Waals surface area contributed by atoms with Gasteiger partial charge in [-0.2, -0.15) is 0 Å². The van der Waals surface area contributed by atoms with E-state index >= 15 is 0 Å². The fourth-order valence-corrected chi connectivity index (χ4v) is 0. The topological polar surface area (TPSA) is 0 Å². The van der Waals surface area contributed by atoms with Gasteiger partial charge < -0.3 is 0 Å². The second kappa shape index (κ2) is 4.21. The first kappa shape index (κ1) is 5.21. The van der Waals surface area contributed by atoms with Crippen LogP contribution in [0, 0.1) is 0 Å². The fourth-order valence-electron chi connectivity index (χ4n) is 0. The lowest BCUT2D eigenvalue weighted by molar-refractivity contribution is 2.34. The summed E-state index contributed by atoms with van der Waals surface area (Å²) in [5.74, 6) is 0. The quantitative estimate of drug-likeness (QED) is 0.461. The average molecular weight is 112 g/mol. The molecule has 0 bridgehead atoms. The Bertz CT molecular complexity index is 8.00. The minimum Gasteiger partial charge on any atom is -0.137 e. The first-order valence-corrected chi connectivity index (χ1v) is 4.21. The van der Waals surface area contributed by atoms with Gasteiger partial charge in [0.2, 0.25) is 0 Å². The van der Waals surface area contributed by atoms with Gasteiger partial charge in [0, 0.05) is 5.49 Å².